The second-order valence-corrected chi connectivity index (χ2v) is 2.62. The molecule has 0 aliphatic carbocycles. The first-order valence-corrected chi connectivity index (χ1v) is 3.73. The Labute approximate surface area is 62.1 Å². The number of rotatable bonds is 2. The van der Waals surface area contributed by atoms with Crippen LogP contribution in [-0.2, 0) is 6.42 Å². The van der Waals surface area contributed by atoms with Gasteiger partial charge in [0.05, 0.1) is 0 Å². The SMILES string of the molecule is CCCc1cncc(C)c1. The highest BCUT2D eigenvalue weighted by Crippen LogP contribution is 2.03. The molecule has 0 aliphatic rings. The molecular weight excluding hydrogens is 122 g/mol. The summed E-state index contributed by atoms with van der Waals surface area (Å²) in [6.07, 6.45) is 6.18. The van der Waals surface area contributed by atoms with Crippen molar-refractivity contribution >= 4 is 0 Å². The molecular formula is C9H13N. The molecule has 10 heavy (non-hydrogen) atoms. The van der Waals surface area contributed by atoms with Crippen LogP contribution in [-0.4, -0.2) is 4.98 Å². The van der Waals surface area contributed by atoms with Gasteiger partial charge < -0.3 is 0 Å². The topological polar surface area (TPSA) is 12.9 Å². The van der Waals surface area contributed by atoms with E-state index in [0.29, 0.717) is 0 Å². The largest absolute Gasteiger partial charge is 0.264 e. The van der Waals surface area contributed by atoms with Gasteiger partial charge in [-0.15, -0.1) is 0 Å². The third kappa shape index (κ3) is 1.83. The minimum absolute atomic E-state index is 1.15. The first kappa shape index (κ1) is 7.26. The number of hydrogen-bond donors (Lipinski definition) is 0. The molecule has 0 amide bonds. The van der Waals surface area contributed by atoms with Crippen LogP contribution in [0.1, 0.15) is 24.5 Å². The molecule has 0 saturated heterocycles. The van der Waals surface area contributed by atoms with E-state index in [4.69, 9.17) is 0 Å². The number of aryl methyl sites for hydroxylation is 2. The standard InChI is InChI=1S/C9H13N/c1-3-4-9-5-8(2)6-10-7-9/h5-7H,3-4H2,1-2H3. The first-order chi connectivity index (χ1) is 4.83. The van der Waals surface area contributed by atoms with Crippen LogP contribution < -0.4 is 0 Å². The summed E-state index contributed by atoms with van der Waals surface area (Å²) in [5.41, 5.74) is 2.61. The summed E-state index contributed by atoms with van der Waals surface area (Å²) >= 11 is 0. The number of hydrogen-bond acceptors (Lipinski definition) is 1. The average Bonchev–Trinajstić information content (AvgIpc) is 1.88. The Hall–Kier alpha value is -0.850. The summed E-state index contributed by atoms with van der Waals surface area (Å²) in [5, 5.41) is 0. The Balaban J connectivity index is 2.75. The van der Waals surface area contributed by atoms with Crippen LogP contribution in [0.3, 0.4) is 0 Å². The molecule has 0 radical (unpaired) electrons. The van der Waals surface area contributed by atoms with Gasteiger partial charge in [-0.05, 0) is 24.5 Å². The lowest BCUT2D eigenvalue weighted by atomic mass is 10.1. The van der Waals surface area contributed by atoms with Crippen molar-refractivity contribution in [2.45, 2.75) is 26.7 Å². The second-order valence-electron chi connectivity index (χ2n) is 2.62. The van der Waals surface area contributed by atoms with Crippen molar-refractivity contribution in [3.8, 4) is 0 Å². The van der Waals surface area contributed by atoms with Gasteiger partial charge in [-0.2, -0.15) is 0 Å². The Bertz CT molecular complexity index is 206. The lowest BCUT2D eigenvalue weighted by Gasteiger charge is -1.97. The van der Waals surface area contributed by atoms with Gasteiger partial charge in [0.1, 0.15) is 0 Å². The van der Waals surface area contributed by atoms with Gasteiger partial charge in [-0.3, -0.25) is 4.98 Å². The highest BCUT2D eigenvalue weighted by atomic mass is 14.6. The maximum Gasteiger partial charge on any atom is 0.0300 e. The Morgan fingerprint density at radius 3 is 2.80 bits per heavy atom. The zero-order valence-corrected chi connectivity index (χ0v) is 6.59. The molecule has 1 aromatic rings. The van der Waals surface area contributed by atoms with Gasteiger partial charge in [0.25, 0.3) is 0 Å². The molecule has 0 spiro atoms. The van der Waals surface area contributed by atoms with Gasteiger partial charge in [0, 0.05) is 12.4 Å². The number of aromatic nitrogens is 1. The number of nitrogens with zero attached hydrogens (tertiary/aromatic N) is 1. The molecule has 0 N–H and O–H groups in total. The molecule has 0 saturated carbocycles. The van der Waals surface area contributed by atoms with Gasteiger partial charge in [0.15, 0.2) is 0 Å². The van der Waals surface area contributed by atoms with E-state index in [-0.39, 0.29) is 0 Å². The van der Waals surface area contributed by atoms with Gasteiger partial charge in [-0.25, -0.2) is 0 Å². The zero-order valence-electron chi connectivity index (χ0n) is 6.59. The molecule has 1 heteroatoms. The molecule has 1 nitrogen and oxygen atoms in total. The van der Waals surface area contributed by atoms with E-state index < -0.39 is 0 Å². The maximum atomic E-state index is 4.10. The van der Waals surface area contributed by atoms with Crippen molar-refractivity contribution < 1.29 is 0 Å². The zero-order chi connectivity index (χ0) is 7.40. The van der Waals surface area contributed by atoms with Crippen LogP contribution in [0, 0.1) is 6.92 Å². The van der Waals surface area contributed by atoms with E-state index in [1.165, 1.54) is 17.5 Å². The van der Waals surface area contributed by atoms with E-state index >= 15 is 0 Å². The summed E-state index contributed by atoms with van der Waals surface area (Å²) in [6.45, 7) is 4.26. The molecule has 0 unspecified atom stereocenters. The Kier molecular flexibility index (Phi) is 2.43. The minimum Gasteiger partial charge on any atom is -0.264 e. The monoisotopic (exact) mass is 135 g/mol. The highest BCUT2D eigenvalue weighted by Gasteiger charge is 1.90. The maximum absolute atomic E-state index is 4.10. The van der Waals surface area contributed by atoms with E-state index in [9.17, 15) is 0 Å². The van der Waals surface area contributed by atoms with E-state index in [0.717, 1.165) is 6.42 Å². The molecule has 0 aromatic carbocycles. The van der Waals surface area contributed by atoms with E-state index in [1.54, 1.807) is 0 Å². The molecule has 1 heterocycles. The third-order valence-corrected chi connectivity index (χ3v) is 1.47. The van der Waals surface area contributed by atoms with Gasteiger partial charge >= 0.3 is 0 Å². The minimum atomic E-state index is 1.15. The Morgan fingerprint density at radius 1 is 1.40 bits per heavy atom. The van der Waals surface area contributed by atoms with Crippen LogP contribution in [0.25, 0.3) is 0 Å². The second kappa shape index (κ2) is 3.35. The van der Waals surface area contributed by atoms with Crippen LogP contribution in [0.2, 0.25) is 0 Å². The Morgan fingerprint density at radius 2 is 2.20 bits per heavy atom. The summed E-state index contributed by atoms with van der Waals surface area (Å²) in [5.74, 6) is 0. The molecule has 54 valence electrons. The van der Waals surface area contributed by atoms with Crippen LogP contribution >= 0.6 is 0 Å². The fourth-order valence-electron chi connectivity index (χ4n) is 1.04. The van der Waals surface area contributed by atoms with Crippen LogP contribution in [0.4, 0.5) is 0 Å². The molecule has 0 atom stereocenters. The summed E-state index contributed by atoms with van der Waals surface area (Å²) < 4.78 is 0. The normalized spacial score (nSPS) is 9.80. The molecule has 1 aromatic heterocycles. The highest BCUT2D eigenvalue weighted by molar-refractivity contribution is 5.16. The van der Waals surface area contributed by atoms with E-state index in [1.807, 2.05) is 12.4 Å². The fourth-order valence-corrected chi connectivity index (χ4v) is 1.04. The van der Waals surface area contributed by atoms with Crippen molar-refractivity contribution in [2.24, 2.45) is 0 Å². The first-order valence-electron chi connectivity index (χ1n) is 3.73. The average molecular weight is 135 g/mol. The van der Waals surface area contributed by atoms with Crippen molar-refractivity contribution in [1.82, 2.24) is 4.98 Å². The molecule has 0 aliphatic heterocycles. The van der Waals surface area contributed by atoms with Crippen LogP contribution in [0.5, 0.6) is 0 Å². The molecule has 1 rings (SSSR count). The van der Waals surface area contributed by atoms with Crippen molar-refractivity contribution in [3.63, 3.8) is 0 Å². The number of pyridine rings is 1. The lowest BCUT2D eigenvalue weighted by molar-refractivity contribution is 0.911. The quantitative estimate of drug-likeness (QED) is 0.606. The van der Waals surface area contributed by atoms with Crippen molar-refractivity contribution in [1.29, 1.82) is 0 Å². The van der Waals surface area contributed by atoms with Gasteiger partial charge in [-0.1, -0.05) is 19.4 Å². The molecule has 0 fully saturated rings. The summed E-state index contributed by atoms with van der Waals surface area (Å²) in [4.78, 5) is 4.10. The molecule has 0 bridgehead atoms. The van der Waals surface area contributed by atoms with Crippen LogP contribution in [0.15, 0.2) is 18.5 Å². The lowest BCUT2D eigenvalue weighted by Crippen LogP contribution is -1.85. The fraction of sp³-hybridized carbons (Fsp3) is 0.444. The third-order valence-electron chi connectivity index (χ3n) is 1.47. The summed E-state index contributed by atoms with van der Waals surface area (Å²) in [7, 11) is 0. The predicted octanol–water partition coefficient (Wildman–Crippen LogP) is 2.34. The van der Waals surface area contributed by atoms with Gasteiger partial charge in [0.2, 0.25) is 0 Å². The van der Waals surface area contributed by atoms with Crippen molar-refractivity contribution in [3.05, 3.63) is 29.6 Å². The van der Waals surface area contributed by atoms with E-state index in [2.05, 4.69) is 24.9 Å². The van der Waals surface area contributed by atoms with Crippen molar-refractivity contribution in [2.75, 3.05) is 0 Å². The summed E-state index contributed by atoms with van der Waals surface area (Å²) in [6, 6.07) is 2.19. The predicted molar refractivity (Wildman–Crippen MR) is 43.0 cm³/mol. The smallest absolute Gasteiger partial charge is 0.0300 e.